The van der Waals surface area contributed by atoms with Crippen LogP contribution in [0, 0.1) is 244 Å². The quantitative estimate of drug-likeness (QED) is 0.0764. The molecule has 0 aliphatic carbocycles. The van der Waals surface area contributed by atoms with E-state index < -0.39 is 364 Å². The zero-order valence-electron chi connectivity index (χ0n) is 49.7. The van der Waals surface area contributed by atoms with Crippen LogP contribution in [0.2, 0.25) is 0 Å². The second-order valence-electron chi connectivity index (χ2n) is 21.8. The Labute approximate surface area is 575 Å². The number of benzene rings is 12. The zero-order valence-corrected chi connectivity index (χ0v) is 52.0. The van der Waals surface area contributed by atoms with Crippen molar-refractivity contribution in [2.45, 2.75) is 0 Å². The third kappa shape index (κ3) is 11.2. The summed E-state index contributed by atoms with van der Waals surface area (Å²) in [5.74, 6) is -129. The number of fused-ring (bicyclic) bond motifs is 6. The van der Waals surface area contributed by atoms with Crippen LogP contribution in [0.3, 0.4) is 0 Å². The Morgan fingerprint density at radius 2 is 0.257 bits per heavy atom. The third-order valence-electron chi connectivity index (χ3n) is 16.4. The molecule has 0 atom stereocenters. The van der Waals surface area contributed by atoms with Crippen molar-refractivity contribution in [2.24, 2.45) is 0 Å². The van der Waals surface area contributed by atoms with E-state index in [1.165, 1.54) is 0 Å². The van der Waals surface area contributed by atoms with Crippen LogP contribution >= 0.6 is 0 Å². The SMILES string of the molecule is Fc1c(F)c(F)c2c(F)[c]([Al]([c]3c(F)c(F)c4c(F)c(F)c(F)c(F)c4c3F)[c]3c(F)c(F)c4c(F)c(F)c(F)c(F)c4c3F)c(F)c(F)c2c1F.Fc1c(F)c(F)c2c(F)[c]([Al]([c]3c(F)c(F)c4c(F)c(F)c(F)c(F)c4c3F)[c]3c(F)c(F)c4c(F)c(F)c(F)c(F)c4c3F)c(F)c(F)c2c1F.c1c[nH]cn1. The van der Waals surface area contributed by atoms with Crippen LogP contribution in [0.15, 0.2) is 18.7 Å². The Hall–Kier alpha value is -10.5. The number of rotatable bonds is 6. The van der Waals surface area contributed by atoms with Crippen LogP contribution in [0.1, 0.15) is 0 Å². The first-order valence-electron chi connectivity index (χ1n) is 27.6. The Bertz CT molecular complexity index is 5330. The van der Waals surface area contributed by atoms with Crippen molar-refractivity contribution in [3.05, 3.63) is 263 Å². The molecule has 1 heterocycles. The first kappa shape index (κ1) is 79.6. The lowest BCUT2D eigenvalue weighted by Gasteiger charge is -2.22. The van der Waals surface area contributed by atoms with Crippen molar-refractivity contribution in [1.82, 2.24) is 9.97 Å². The van der Waals surface area contributed by atoms with E-state index >= 15 is 79.0 Å². The minimum atomic E-state index is -6.63. The van der Waals surface area contributed by atoms with Gasteiger partial charge in [0.2, 0.25) is 0 Å². The van der Waals surface area contributed by atoms with Gasteiger partial charge in [-0.2, -0.15) is 0 Å². The van der Waals surface area contributed by atoms with Gasteiger partial charge in [-0.25, -0.2) is 189 Å². The number of hydrogen-bond donors (Lipinski definition) is 1. The molecule has 0 saturated carbocycles. The van der Waals surface area contributed by atoms with Gasteiger partial charge in [0.15, 0.2) is 175 Å². The molecule has 0 spiro atoms. The topological polar surface area (TPSA) is 28.7 Å². The molecular weight excluding hydrogens is 1640 g/mol. The van der Waals surface area contributed by atoms with Crippen LogP contribution in [0.4, 0.5) is 184 Å². The van der Waals surface area contributed by atoms with Gasteiger partial charge >= 0.3 is 28.3 Å². The van der Waals surface area contributed by atoms with Gasteiger partial charge in [-0.05, 0) is 26.6 Å². The summed E-state index contributed by atoms with van der Waals surface area (Å²) in [6, 6.07) is 0. The highest BCUT2D eigenvalue weighted by Gasteiger charge is 2.51. The first-order valence-corrected chi connectivity index (χ1v) is 31.1. The average molecular weight is 1640 g/mol. The van der Waals surface area contributed by atoms with E-state index in [0.29, 0.717) is 0 Å². The summed E-state index contributed by atoms with van der Waals surface area (Å²) >= 11 is -13.3. The van der Waals surface area contributed by atoms with Gasteiger partial charge in [0.05, 0.1) is 71.0 Å². The Balaban J connectivity index is 0.000000203. The van der Waals surface area contributed by atoms with E-state index in [-0.39, 0.29) is 0 Å². The molecule has 566 valence electrons. The predicted octanol–water partition coefficient (Wildman–Crippen LogP) is 17.6. The molecule has 0 radical (unpaired) electrons. The summed E-state index contributed by atoms with van der Waals surface area (Å²) in [4.78, 5) is 6.42. The molecule has 0 aliphatic rings. The third-order valence-corrected chi connectivity index (χ3v) is 22.9. The summed E-state index contributed by atoms with van der Waals surface area (Å²) in [5, 5.41) is -30.8. The predicted molar refractivity (Wildman–Crippen MR) is 290 cm³/mol. The molecule has 0 saturated heterocycles. The molecule has 12 aromatic carbocycles. The van der Waals surface area contributed by atoms with Crippen molar-refractivity contribution >= 4 is 119 Å². The van der Waals surface area contributed by atoms with E-state index in [0.717, 1.165) is 0 Å². The number of H-pyrrole nitrogens is 1. The minimum Gasteiger partial charge on any atom is -0.351 e. The summed E-state index contributed by atoms with van der Waals surface area (Å²) in [5.41, 5.74) is 0. The van der Waals surface area contributed by atoms with Crippen LogP contribution in [-0.2, 0) is 0 Å². The maximum atomic E-state index is 16.1. The second kappa shape index (κ2) is 27.9. The molecule has 0 bridgehead atoms. The molecule has 0 amide bonds. The number of imidazole rings is 1. The number of hydrogen-bond acceptors (Lipinski definition) is 1. The standard InChI is InChI=1S/6C10F7.C3H4N2.2Al/c6*11-2-1-3(12)6(13)5-4(2)7(14)9(16)10(17)8(5)15;1-2-5-3-4-1;;/h;;;;;;1-3H,(H,4,5);;. The molecule has 13 rings (SSSR count). The summed E-state index contributed by atoms with van der Waals surface area (Å²) in [7, 11) is 0. The highest BCUT2D eigenvalue weighted by molar-refractivity contribution is 6.97. The van der Waals surface area contributed by atoms with Gasteiger partial charge in [0.25, 0.3) is 0 Å². The van der Waals surface area contributed by atoms with Crippen molar-refractivity contribution < 1.29 is 184 Å². The van der Waals surface area contributed by atoms with Crippen molar-refractivity contribution in [3.8, 4) is 0 Å². The number of aromatic amines is 1. The Kier molecular flexibility index (Phi) is 20.4. The lowest BCUT2D eigenvalue weighted by Crippen LogP contribution is -2.60. The molecule has 1 aromatic heterocycles. The monoisotopic (exact) mass is 1640 g/mol. The van der Waals surface area contributed by atoms with Gasteiger partial charge < -0.3 is 4.98 Å². The maximum Gasteiger partial charge on any atom is 0.412 e. The molecule has 0 aliphatic heterocycles. The number of aromatic nitrogens is 2. The smallest absolute Gasteiger partial charge is 0.351 e. The summed E-state index contributed by atoms with van der Waals surface area (Å²) < 4.78 is 611. The van der Waals surface area contributed by atoms with E-state index in [4.69, 9.17) is 0 Å². The first-order chi connectivity index (χ1) is 50.7. The molecule has 0 fully saturated rings. The van der Waals surface area contributed by atoms with E-state index in [1.807, 2.05) is 0 Å². The second-order valence-corrected chi connectivity index (χ2v) is 27.0. The maximum absolute atomic E-state index is 16.1. The highest BCUT2D eigenvalue weighted by atomic mass is 27.2. The molecule has 109 heavy (non-hydrogen) atoms. The molecule has 1 N–H and O–H groups in total. The van der Waals surface area contributed by atoms with E-state index in [2.05, 4.69) is 9.97 Å². The number of nitrogens with one attached hydrogen (secondary N) is 1. The fourth-order valence-corrected chi connectivity index (χ4v) is 18.0. The van der Waals surface area contributed by atoms with Crippen LogP contribution in [-0.4, -0.2) is 38.3 Å². The summed E-state index contributed by atoms with van der Waals surface area (Å²) in [6.45, 7) is 0. The molecule has 46 heteroatoms. The average Bonchev–Trinajstić information content (AvgIpc) is 0.890. The summed E-state index contributed by atoms with van der Waals surface area (Å²) in [6.07, 6.45) is 5.08. The van der Waals surface area contributed by atoms with Gasteiger partial charge in [-0.15, -0.1) is 0 Å². The molecular formula is C63H4Al2F42N2. The van der Waals surface area contributed by atoms with Crippen LogP contribution < -0.4 is 26.6 Å². The molecule has 0 unspecified atom stereocenters. The van der Waals surface area contributed by atoms with Crippen molar-refractivity contribution in [3.63, 3.8) is 0 Å². The van der Waals surface area contributed by atoms with Crippen LogP contribution in [0.5, 0.6) is 0 Å². The fraction of sp³-hybridized carbons (Fsp3) is 0. The Morgan fingerprint density at radius 1 is 0.147 bits per heavy atom. The number of nitrogens with zero attached hydrogens (tertiary/aromatic N) is 1. The van der Waals surface area contributed by atoms with Gasteiger partial charge in [0, 0.05) is 12.4 Å². The fourth-order valence-electron chi connectivity index (χ4n) is 11.6. The zero-order chi connectivity index (χ0) is 81.3. The normalized spacial score (nSPS) is 11.8. The minimum absolute atomic E-state index is 1.62. The van der Waals surface area contributed by atoms with Crippen molar-refractivity contribution in [2.75, 3.05) is 0 Å². The molecule has 2 nitrogen and oxygen atoms in total. The van der Waals surface area contributed by atoms with Gasteiger partial charge in [0.1, 0.15) is 69.8 Å². The van der Waals surface area contributed by atoms with E-state index in [9.17, 15) is 105 Å². The number of halogens is 42. The lowest BCUT2D eigenvalue weighted by molar-refractivity contribution is 0.412. The van der Waals surface area contributed by atoms with Gasteiger partial charge in [-0.3, -0.25) is 0 Å². The van der Waals surface area contributed by atoms with Crippen molar-refractivity contribution in [1.29, 1.82) is 0 Å². The molecule has 13 aromatic rings. The van der Waals surface area contributed by atoms with E-state index in [1.54, 1.807) is 18.7 Å². The largest absolute Gasteiger partial charge is 0.412 e. The van der Waals surface area contributed by atoms with Gasteiger partial charge in [-0.1, -0.05) is 0 Å². The Morgan fingerprint density at radius 3 is 0.349 bits per heavy atom. The lowest BCUT2D eigenvalue weighted by atomic mass is 10.1. The highest BCUT2D eigenvalue weighted by Crippen LogP contribution is 2.41. The van der Waals surface area contributed by atoms with Crippen LogP contribution in [0.25, 0.3) is 64.6 Å².